The Labute approximate surface area is 114 Å². The van der Waals surface area contributed by atoms with Crippen LogP contribution in [0.5, 0.6) is 0 Å². The van der Waals surface area contributed by atoms with E-state index in [9.17, 15) is 9.59 Å². The molecule has 0 aromatic rings. The number of allylic oxidation sites excluding steroid dienone is 2. The van der Waals surface area contributed by atoms with E-state index < -0.39 is 0 Å². The van der Waals surface area contributed by atoms with Crippen LogP contribution >= 0.6 is 0 Å². The first kappa shape index (κ1) is 15.5. The normalized spacial score (nSPS) is 20.5. The topological polar surface area (TPSA) is 52.6 Å². The summed E-state index contributed by atoms with van der Waals surface area (Å²) in [5, 5.41) is 0. The molecule has 4 nitrogen and oxygen atoms in total. The van der Waals surface area contributed by atoms with Crippen LogP contribution in [-0.4, -0.2) is 25.0 Å². The lowest BCUT2D eigenvalue weighted by atomic mass is 9.87. The van der Waals surface area contributed by atoms with E-state index in [1.54, 1.807) is 13.2 Å². The van der Waals surface area contributed by atoms with E-state index in [1.165, 1.54) is 6.92 Å². The number of ketones is 1. The maximum Gasteiger partial charge on any atom is 0.303 e. The summed E-state index contributed by atoms with van der Waals surface area (Å²) in [5.41, 5.74) is 0.812. The first-order valence-corrected chi connectivity index (χ1v) is 6.55. The van der Waals surface area contributed by atoms with E-state index in [-0.39, 0.29) is 23.8 Å². The van der Waals surface area contributed by atoms with Gasteiger partial charge in [-0.2, -0.15) is 0 Å². The highest BCUT2D eigenvalue weighted by Crippen LogP contribution is 2.26. The number of carbonyl (C=O) groups excluding carboxylic acids is 2. The fraction of sp³-hybridized carbons (Fsp3) is 0.600. The van der Waals surface area contributed by atoms with Crippen LogP contribution in [0.15, 0.2) is 24.0 Å². The summed E-state index contributed by atoms with van der Waals surface area (Å²) in [6, 6.07) is 0. The predicted octanol–water partition coefficient (Wildman–Crippen LogP) is 2.78. The molecule has 0 radical (unpaired) electrons. The van der Waals surface area contributed by atoms with Gasteiger partial charge in [-0.05, 0) is 31.8 Å². The Morgan fingerprint density at radius 3 is 2.68 bits per heavy atom. The molecule has 1 unspecified atom stereocenters. The van der Waals surface area contributed by atoms with Crippen molar-refractivity contribution in [1.82, 2.24) is 0 Å². The average molecular weight is 266 g/mol. The molecule has 0 saturated heterocycles. The largest absolute Gasteiger partial charge is 0.501 e. The van der Waals surface area contributed by atoms with Crippen molar-refractivity contribution in [3.8, 4) is 0 Å². The van der Waals surface area contributed by atoms with Gasteiger partial charge in [-0.15, -0.1) is 0 Å². The van der Waals surface area contributed by atoms with Gasteiger partial charge in [0.1, 0.15) is 6.10 Å². The highest BCUT2D eigenvalue weighted by Gasteiger charge is 2.24. The Hall–Kier alpha value is -1.58. The zero-order chi connectivity index (χ0) is 14.4. The Balaban J connectivity index is 2.51. The molecule has 1 rings (SSSR count). The Bertz CT molecular complexity index is 395. The van der Waals surface area contributed by atoms with Crippen molar-refractivity contribution in [3.05, 3.63) is 24.0 Å². The fourth-order valence-electron chi connectivity index (χ4n) is 2.21. The van der Waals surface area contributed by atoms with Gasteiger partial charge in [-0.25, -0.2) is 0 Å². The quantitative estimate of drug-likeness (QED) is 0.548. The molecule has 0 amide bonds. The Kier molecular flexibility index (Phi) is 5.80. The zero-order valence-corrected chi connectivity index (χ0v) is 11.9. The molecule has 0 N–H and O–H groups in total. The molecule has 2 atom stereocenters. The van der Waals surface area contributed by atoms with E-state index in [4.69, 9.17) is 9.47 Å². The minimum Gasteiger partial charge on any atom is -0.501 e. The number of hydrogen-bond acceptors (Lipinski definition) is 4. The average Bonchev–Trinajstić information content (AvgIpc) is 2.34. The van der Waals surface area contributed by atoms with Crippen LogP contribution < -0.4 is 0 Å². The summed E-state index contributed by atoms with van der Waals surface area (Å²) in [6.07, 6.45) is 4.21. The van der Waals surface area contributed by atoms with Crippen LogP contribution in [0.1, 0.15) is 39.5 Å². The third-order valence-corrected chi connectivity index (χ3v) is 3.34. The van der Waals surface area contributed by atoms with Crippen molar-refractivity contribution in [1.29, 1.82) is 0 Å². The van der Waals surface area contributed by atoms with Crippen molar-refractivity contribution >= 4 is 11.8 Å². The maximum absolute atomic E-state index is 11.9. The number of hydrogen-bond donors (Lipinski definition) is 0. The molecule has 0 fully saturated rings. The molecule has 0 bridgehead atoms. The number of esters is 1. The van der Waals surface area contributed by atoms with Crippen LogP contribution in [0.2, 0.25) is 0 Å². The lowest BCUT2D eigenvalue weighted by Crippen LogP contribution is -2.23. The minimum absolute atomic E-state index is 0.00342. The van der Waals surface area contributed by atoms with Crippen LogP contribution in [-0.2, 0) is 19.1 Å². The molecular formula is C15H22O4. The van der Waals surface area contributed by atoms with Crippen molar-refractivity contribution in [2.45, 2.75) is 45.6 Å². The first-order valence-electron chi connectivity index (χ1n) is 6.55. The van der Waals surface area contributed by atoms with E-state index in [0.717, 1.165) is 24.2 Å². The number of rotatable bonds is 6. The van der Waals surface area contributed by atoms with Crippen LogP contribution in [0.3, 0.4) is 0 Å². The fourth-order valence-corrected chi connectivity index (χ4v) is 2.21. The van der Waals surface area contributed by atoms with Gasteiger partial charge in [0.25, 0.3) is 0 Å². The third kappa shape index (κ3) is 4.89. The smallest absolute Gasteiger partial charge is 0.303 e. The van der Waals surface area contributed by atoms with Crippen molar-refractivity contribution < 1.29 is 19.1 Å². The van der Waals surface area contributed by atoms with Gasteiger partial charge in [0.2, 0.25) is 0 Å². The van der Waals surface area contributed by atoms with Gasteiger partial charge in [-0.3, -0.25) is 9.59 Å². The summed E-state index contributed by atoms with van der Waals surface area (Å²) < 4.78 is 10.3. The SMILES string of the molecule is C=C(C)[C@H](CCC1CCC(OC)=CC1=O)OC(C)=O. The molecule has 0 aliphatic heterocycles. The number of carbonyl (C=O) groups is 2. The van der Waals surface area contributed by atoms with Crippen molar-refractivity contribution in [2.24, 2.45) is 5.92 Å². The molecule has 0 spiro atoms. The summed E-state index contributed by atoms with van der Waals surface area (Å²) >= 11 is 0. The van der Waals surface area contributed by atoms with E-state index in [0.29, 0.717) is 12.8 Å². The molecule has 106 valence electrons. The highest BCUT2D eigenvalue weighted by atomic mass is 16.5. The van der Waals surface area contributed by atoms with Crippen LogP contribution in [0, 0.1) is 5.92 Å². The molecule has 0 heterocycles. The summed E-state index contributed by atoms with van der Waals surface area (Å²) in [7, 11) is 1.58. The van der Waals surface area contributed by atoms with Gasteiger partial charge in [-0.1, -0.05) is 6.58 Å². The first-order chi connectivity index (χ1) is 8.93. The standard InChI is InChI=1S/C15H22O4/c1-10(2)15(19-11(3)16)8-6-12-5-7-13(18-4)9-14(12)17/h9,12,15H,1,5-8H2,2-4H3/t12?,15-/m0/s1. The minimum atomic E-state index is -0.315. The second kappa shape index (κ2) is 7.12. The molecule has 0 aromatic heterocycles. The van der Waals surface area contributed by atoms with E-state index >= 15 is 0 Å². The molecule has 19 heavy (non-hydrogen) atoms. The van der Waals surface area contributed by atoms with E-state index in [1.807, 2.05) is 6.92 Å². The second-order valence-electron chi connectivity index (χ2n) is 4.97. The highest BCUT2D eigenvalue weighted by molar-refractivity contribution is 5.92. The monoisotopic (exact) mass is 266 g/mol. The van der Waals surface area contributed by atoms with Crippen LogP contribution in [0.25, 0.3) is 0 Å². The van der Waals surface area contributed by atoms with Crippen molar-refractivity contribution in [2.75, 3.05) is 7.11 Å². The number of ether oxygens (including phenoxy) is 2. The molecule has 0 saturated carbocycles. The molecule has 1 aliphatic carbocycles. The molecular weight excluding hydrogens is 244 g/mol. The molecule has 0 aromatic carbocycles. The summed E-state index contributed by atoms with van der Waals surface area (Å²) in [4.78, 5) is 22.9. The number of methoxy groups -OCH3 is 1. The van der Waals surface area contributed by atoms with Crippen LogP contribution in [0.4, 0.5) is 0 Å². The van der Waals surface area contributed by atoms with E-state index in [2.05, 4.69) is 6.58 Å². The molecule has 1 aliphatic rings. The maximum atomic E-state index is 11.9. The summed E-state index contributed by atoms with van der Waals surface area (Å²) in [5.74, 6) is 0.532. The lowest BCUT2D eigenvalue weighted by molar-refractivity contribution is -0.145. The van der Waals surface area contributed by atoms with Crippen molar-refractivity contribution in [3.63, 3.8) is 0 Å². The van der Waals surface area contributed by atoms with Gasteiger partial charge in [0.05, 0.1) is 12.9 Å². The lowest BCUT2D eigenvalue weighted by Gasteiger charge is -2.23. The summed E-state index contributed by atoms with van der Waals surface area (Å²) in [6.45, 7) is 7.04. The predicted molar refractivity (Wildman–Crippen MR) is 72.4 cm³/mol. The van der Waals surface area contributed by atoms with Gasteiger partial charge in [0, 0.05) is 25.3 Å². The van der Waals surface area contributed by atoms with Gasteiger partial charge < -0.3 is 9.47 Å². The Morgan fingerprint density at radius 2 is 2.21 bits per heavy atom. The van der Waals surface area contributed by atoms with Gasteiger partial charge in [0.15, 0.2) is 5.78 Å². The van der Waals surface area contributed by atoms with Gasteiger partial charge >= 0.3 is 5.97 Å². The zero-order valence-electron chi connectivity index (χ0n) is 11.9. The third-order valence-electron chi connectivity index (χ3n) is 3.34. The second-order valence-corrected chi connectivity index (χ2v) is 4.97. The Morgan fingerprint density at radius 1 is 1.53 bits per heavy atom. The molecule has 4 heteroatoms.